The van der Waals surface area contributed by atoms with Gasteiger partial charge in [-0.1, -0.05) is 48.5 Å². The number of benzene rings is 2. The van der Waals surface area contributed by atoms with Gasteiger partial charge in [-0.3, -0.25) is 9.89 Å². The molecular formula is C24H29FN4O. The molecule has 2 aromatic rings. The Labute approximate surface area is 177 Å². The van der Waals surface area contributed by atoms with Gasteiger partial charge in [0.25, 0.3) is 0 Å². The summed E-state index contributed by atoms with van der Waals surface area (Å²) in [6.45, 7) is 4.41. The Kier molecular flexibility index (Phi) is 5.44. The summed E-state index contributed by atoms with van der Waals surface area (Å²) in [4.78, 5) is 9.37. The number of nitrogens with zero attached hydrogens (tertiary/aromatic N) is 3. The van der Waals surface area contributed by atoms with Crippen molar-refractivity contribution in [3.63, 3.8) is 0 Å². The van der Waals surface area contributed by atoms with Crippen LogP contribution >= 0.6 is 0 Å². The van der Waals surface area contributed by atoms with Gasteiger partial charge < -0.3 is 15.0 Å². The highest BCUT2D eigenvalue weighted by atomic mass is 19.1. The minimum atomic E-state index is -0.112. The molecule has 2 aliphatic heterocycles. The van der Waals surface area contributed by atoms with E-state index in [2.05, 4.69) is 50.4 Å². The molecule has 4 unspecified atom stereocenters. The summed E-state index contributed by atoms with van der Waals surface area (Å²) >= 11 is 0. The van der Waals surface area contributed by atoms with Crippen LogP contribution in [0.1, 0.15) is 23.5 Å². The lowest BCUT2D eigenvalue weighted by Gasteiger charge is -2.36. The number of likely N-dealkylation sites (tertiary alicyclic amines) is 1. The van der Waals surface area contributed by atoms with Crippen LogP contribution in [0.4, 0.5) is 4.39 Å². The average Bonchev–Trinajstić information content (AvgIpc) is 3.39. The Balaban J connectivity index is 1.22. The third-order valence-corrected chi connectivity index (χ3v) is 6.57. The Hall–Kier alpha value is -2.44. The third-order valence-electron chi connectivity index (χ3n) is 6.57. The molecule has 1 N–H and O–H groups in total. The fraction of sp³-hybridized carbons (Fsp3) is 0.458. The largest absolute Gasteiger partial charge is 0.373 e. The summed E-state index contributed by atoms with van der Waals surface area (Å²) < 4.78 is 20.2. The van der Waals surface area contributed by atoms with E-state index in [1.807, 2.05) is 19.2 Å². The molecule has 2 heterocycles. The van der Waals surface area contributed by atoms with Crippen molar-refractivity contribution < 1.29 is 9.13 Å². The molecule has 6 heteroatoms. The second-order valence-corrected chi connectivity index (χ2v) is 8.50. The number of ether oxygens (including phenoxy) is 1. The molecule has 158 valence electrons. The van der Waals surface area contributed by atoms with Crippen LogP contribution in [0.5, 0.6) is 0 Å². The SMILES string of the molecule is CN=C(NC1CC1c1ccccc1F)N1CC2OCCN(Cc3ccccc3)C2C1. The van der Waals surface area contributed by atoms with Crippen LogP contribution in [0.15, 0.2) is 59.6 Å². The van der Waals surface area contributed by atoms with Crippen LogP contribution in [0.25, 0.3) is 0 Å². The number of hydrogen-bond acceptors (Lipinski definition) is 3. The fourth-order valence-corrected chi connectivity index (χ4v) is 4.88. The summed E-state index contributed by atoms with van der Waals surface area (Å²) in [6, 6.07) is 18.3. The number of hydrogen-bond donors (Lipinski definition) is 1. The first-order valence-electron chi connectivity index (χ1n) is 10.8. The van der Waals surface area contributed by atoms with E-state index in [-0.39, 0.29) is 23.9 Å². The van der Waals surface area contributed by atoms with E-state index in [1.54, 1.807) is 12.1 Å². The van der Waals surface area contributed by atoms with Crippen molar-refractivity contribution in [2.45, 2.75) is 37.1 Å². The first-order valence-corrected chi connectivity index (χ1v) is 10.8. The van der Waals surface area contributed by atoms with Gasteiger partial charge in [-0.25, -0.2) is 4.39 Å². The van der Waals surface area contributed by atoms with Crippen molar-refractivity contribution >= 4 is 5.96 Å². The molecule has 0 bridgehead atoms. The van der Waals surface area contributed by atoms with Crippen molar-refractivity contribution in [1.29, 1.82) is 0 Å². The molecule has 0 aromatic heterocycles. The maximum Gasteiger partial charge on any atom is 0.194 e. The highest BCUT2D eigenvalue weighted by Gasteiger charge is 2.44. The molecule has 3 fully saturated rings. The lowest BCUT2D eigenvalue weighted by molar-refractivity contribution is -0.0502. The highest BCUT2D eigenvalue weighted by molar-refractivity contribution is 5.81. The third kappa shape index (κ3) is 3.94. The molecule has 1 aliphatic carbocycles. The number of morpholine rings is 1. The summed E-state index contributed by atoms with van der Waals surface area (Å²) in [7, 11) is 1.83. The van der Waals surface area contributed by atoms with Gasteiger partial charge in [-0.2, -0.15) is 0 Å². The number of halogens is 1. The maximum atomic E-state index is 14.1. The van der Waals surface area contributed by atoms with Crippen molar-refractivity contribution in [1.82, 2.24) is 15.1 Å². The number of rotatable bonds is 4. The Morgan fingerprint density at radius 1 is 1.13 bits per heavy atom. The molecule has 2 saturated heterocycles. The fourth-order valence-electron chi connectivity index (χ4n) is 4.88. The van der Waals surface area contributed by atoms with Crippen LogP contribution in [0.3, 0.4) is 0 Å². The van der Waals surface area contributed by atoms with Gasteiger partial charge >= 0.3 is 0 Å². The van der Waals surface area contributed by atoms with Gasteiger partial charge in [0.2, 0.25) is 0 Å². The quantitative estimate of drug-likeness (QED) is 0.624. The number of fused-ring (bicyclic) bond motifs is 1. The predicted molar refractivity (Wildman–Crippen MR) is 116 cm³/mol. The summed E-state index contributed by atoms with van der Waals surface area (Å²) in [5, 5.41) is 3.57. The Morgan fingerprint density at radius 3 is 2.73 bits per heavy atom. The van der Waals surface area contributed by atoms with Crippen LogP contribution in [-0.4, -0.2) is 67.2 Å². The van der Waals surface area contributed by atoms with Crippen LogP contribution in [0.2, 0.25) is 0 Å². The molecule has 5 rings (SSSR count). The lowest BCUT2D eigenvalue weighted by atomic mass is 10.1. The Morgan fingerprint density at radius 2 is 1.93 bits per heavy atom. The van der Waals surface area contributed by atoms with E-state index in [9.17, 15) is 4.39 Å². The van der Waals surface area contributed by atoms with Gasteiger partial charge in [0.05, 0.1) is 18.8 Å². The average molecular weight is 409 g/mol. The molecule has 1 saturated carbocycles. The second kappa shape index (κ2) is 8.36. The number of nitrogens with one attached hydrogen (secondary N) is 1. The topological polar surface area (TPSA) is 40.1 Å². The minimum absolute atomic E-state index is 0.112. The molecule has 0 radical (unpaired) electrons. The van der Waals surface area contributed by atoms with Crippen molar-refractivity contribution in [2.75, 3.05) is 33.3 Å². The normalized spacial score (nSPS) is 29.0. The zero-order chi connectivity index (χ0) is 20.5. The van der Waals surface area contributed by atoms with Crippen LogP contribution in [0, 0.1) is 5.82 Å². The predicted octanol–water partition coefficient (Wildman–Crippen LogP) is 2.84. The molecule has 5 nitrogen and oxygen atoms in total. The van der Waals surface area contributed by atoms with Crippen molar-refractivity contribution in [3.05, 3.63) is 71.5 Å². The zero-order valence-electron chi connectivity index (χ0n) is 17.4. The van der Waals surface area contributed by atoms with Gasteiger partial charge in [-0.15, -0.1) is 0 Å². The van der Waals surface area contributed by atoms with Crippen LogP contribution in [-0.2, 0) is 11.3 Å². The molecule has 2 aromatic carbocycles. The van der Waals surface area contributed by atoms with E-state index in [4.69, 9.17) is 4.74 Å². The molecule has 3 aliphatic rings. The highest BCUT2D eigenvalue weighted by Crippen LogP contribution is 2.42. The molecule has 0 spiro atoms. The standard InChI is InChI=1S/C24H29FN4O/c1-26-24(27-21-13-19(21)18-9-5-6-10-20(18)25)29-15-22-23(16-29)30-12-11-28(22)14-17-7-3-2-4-8-17/h2-10,19,21-23H,11-16H2,1H3,(H,26,27). The summed E-state index contributed by atoms with van der Waals surface area (Å²) in [5.41, 5.74) is 2.14. The smallest absolute Gasteiger partial charge is 0.194 e. The molecule has 30 heavy (non-hydrogen) atoms. The van der Waals surface area contributed by atoms with E-state index in [0.29, 0.717) is 6.04 Å². The number of guanidine groups is 1. The van der Waals surface area contributed by atoms with E-state index in [0.717, 1.165) is 50.7 Å². The van der Waals surface area contributed by atoms with Gasteiger partial charge in [-0.05, 0) is 23.6 Å². The van der Waals surface area contributed by atoms with Crippen molar-refractivity contribution in [2.24, 2.45) is 4.99 Å². The first-order chi connectivity index (χ1) is 14.7. The van der Waals surface area contributed by atoms with Gasteiger partial charge in [0.1, 0.15) is 5.82 Å². The monoisotopic (exact) mass is 408 g/mol. The molecule has 0 amide bonds. The van der Waals surface area contributed by atoms with E-state index >= 15 is 0 Å². The molecular weight excluding hydrogens is 379 g/mol. The maximum absolute atomic E-state index is 14.1. The lowest BCUT2D eigenvalue weighted by Crippen LogP contribution is -2.50. The van der Waals surface area contributed by atoms with E-state index < -0.39 is 0 Å². The van der Waals surface area contributed by atoms with E-state index in [1.165, 1.54) is 5.56 Å². The Bertz CT molecular complexity index is 905. The summed E-state index contributed by atoms with van der Waals surface area (Å²) in [5.74, 6) is 1.01. The molecule has 4 atom stereocenters. The summed E-state index contributed by atoms with van der Waals surface area (Å²) in [6.07, 6.45) is 1.14. The van der Waals surface area contributed by atoms with Crippen molar-refractivity contribution in [3.8, 4) is 0 Å². The second-order valence-electron chi connectivity index (χ2n) is 8.50. The first kappa shape index (κ1) is 19.5. The van der Waals surface area contributed by atoms with Gasteiger partial charge in [0.15, 0.2) is 5.96 Å². The van der Waals surface area contributed by atoms with Gasteiger partial charge in [0, 0.05) is 45.2 Å². The minimum Gasteiger partial charge on any atom is -0.373 e. The number of aliphatic imine (C=N–C) groups is 1. The van der Waals surface area contributed by atoms with Crippen LogP contribution < -0.4 is 5.32 Å². The zero-order valence-corrected chi connectivity index (χ0v) is 17.4.